The van der Waals surface area contributed by atoms with Crippen LogP contribution >= 0.6 is 0 Å². The molecule has 2 aromatic carbocycles. The van der Waals surface area contributed by atoms with E-state index in [4.69, 9.17) is 14.5 Å². The molecular weight excluding hydrogens is 374 g/mol. The summed E-state index contributed by atoms with van der Waals surface area (Å²) in [7, 11) is 1.63. The van der Waals surface area contributed by atoms with Crippen molar-refractivity contribution in [3.05, 3.63) is 60.6 Å². The van der Waals surface area contributed by atoms with Gasteiger partial charge in [0.05, 0.1) is 19.3 Å². The fourth-order valence-electron chi connectivity index (χ4n) is 3.20. The molecule has 2 heterocycles. The van der Waals surface area contributed by atoms with E-state index in [-0.39, 0.29) is 0 Å². The normalized spacial score (nSPS) is 14.4. The van der Waals surface area contributed by atoms with E-state index >= 15 is 0 Å². The fourth-order valence-corrected chi connectivity index (χ4v) is 4.13. The van der Waals surface area contributed by atoms with Crippen molar-refractivity contribution in [2.45, 2.75) is 18.0 Å². The van der Waals surface area contributed by atoms with Crippen molar-refractivity contribution in [1.29, 1.82) is 0 Å². The zero-order valence-electron chi connectivity index (χ0n) is 15.8. The molecule has 1 N–H and O–H groups in total. The van der Waals surface area contributed by atoms with E-state index < -0.39 is 11.2 Å². The number of rotatable bonds is 7. The molecule has 146 valence electrons. The summed E-state index contributed by atoms with van der Waals surface area (Å²) in [6, 6.07) is 15.2. The Bertz CT molecular complexity index is 906. The van der Waals surface area contributed by atoms with Crippen LogP contribution in [0, 0.1) is 0 Å². The Morgan fingerprint density at radius 1 is 1.21 bits per heavy atom. The van der Waals surface area contributed by atoms with E-state index in [0.29, 0.717) is 23.9 Å². The number of hydrogen-bond acceptors (Lipinski definition) is 5. The first kappa shape index (κ1) is 18.9. The van der Waals surface area contributed by atoms with Gasteiger partial charge < -0.3 is 23.9 Å². The highest BCUT2D eigenvalue weighted by molar-refractivity contribution is 7.91. The van der Waals surface area contributed by atoms with Crippen LogP contribution in [0.2, 0.25) is 0 Å². The van der Waals surface area contributed by atoms with E-state index in [0.717, 1.165) is 41.6 Å². The van der Waals surface area contributed by atoms with Crippen LogP contribution in [0.25, 0.3) is 11.3 Å². The third-order valence-electron chi connectivity index (χ3n) is 4.67. The minimum absolute atomic E-state index is 0.344. The molecule has 0 fully saturated rings. The lowest BCUT2D eigenvalue weighted by atomic mass is 10.1. The molecule has 0 radical (unpaired) electrons. The predicted octanol–water partition coefficient (Wildman–Crippen LogP) is 2.85. The number of nitrogens with one attached hydrogen (secondary N) is 1. The number of imidazole rings is 1. The smallest absolute Gasteiger partial charge is 0.152 e. The minimum Gasteiger partial charge on any atom is -0.611 e. The molecule has 0 saturated heterocycles. The van der Waals surface area contributed by atoms with Crippen LogP contribution in [0.4, 0.5) is 0 Å². The summed E-state index contributed by atoms with van der Waals surface area (Å²) in [4.78, 5) is 5.56. The Hall–Kier alpha value is -2.48. The molecule has 3 aromatic rings. The second-order valence-corrected chi connectivity index (χ2v) is 8.06. The van der Waals surface area contributed by atoms with Gasteiger partial charge in [0, 0.05) is 30.9 Å². The SMILES string of the molecule is COc1ccc(-c2cn3c(n2)CNCC3)c(OCC[S+]([O-])c2ccccc2)c1. The van der Waals surface area contributed by atoms with E-state index in [1.807, 2.05) is 48.5 Å². The molecule has 0 bridgehead atoms. The fraction of sp³-hybridized carbons (Fsp3) is 0.286. The zero-order chi connectivity index (χ0) is 19.3. The van der Waals surface area contributed by atoms with Gasteiger partial charge in [-0.2, -0.15) is 0 Å². The minimum atomic E-state index is -1.09. The molecule has 0 aliphatic carbocycles. The lowest BCUT2D eigenvalue weighted by Gasteiger charge is -2.14. The molecule has 1 unspecified atom stereocenters. The average molecular weight is 398 g/mol. The maximum Gasteiger partial charge on any atom is 0.152 e. The van der Waals surface area contributed by atoms with Crippen molar-refractivity contribution in [3.8, 4) is 22.8 Å². The lowest BCUT2D eigenvalue weighted by Crippen LogP contribution is -2.27. The van der Waals surface area contributed by atoms with Crippen molar-refractivity contribution in [2.24, 2.45) is 0 Å². The Kier molecular flexibility index (Phi) is 5.85. The van der Waals surface area contributed by atoms with Crippen LogP contribution in [0.3, 0.4) is 0 Å². The van der Waals surface area contributed by atoms with Crippen LogP contribution < -0.4 is 14.8 Å². The Morgan fingerprint density at radius 2 is 2.07 bits per heavy atom. The van der Waals surface area contributed by atoms with Gasteiger partial charge in [-0.15, -0.1) is 0 Å². The summed E-state index contributed by atoms with van der Waals surface area (Å²) in [6.45, 7) is 2.96. The van der Waals surface area contributed by atoms with Crippen molar-refractivity contribution in [3.63, 3.8) is 0 Å². The molecular formula is C21H23N3O3S. The van der Waals surface area contributed by atoms with Crippen molar-refractivity contribution in [1.82, 2.24) is 14.9 Å². The molecule has 4 rings (SSSR count). The number of methoxy groups -OCH3 is 1. The number of aromatic nitrogens is 2. The summed E-state index contributed by atoms with van der Waals surface area (Å²) in [5, 5.41) is 3.33. The maximum absolute atomic E-state index is 12.4. The van der Waals surface area contributed by atoms with Crippen LogP contribution in [-0.4, -0.2) is 40.1 Å². The van der Waals surface area contributed by atoms with Crippen molar-refractivity contribution in [2.75, 3.05) is 26.0 Å². The molecule has 7 heteroatoms. The standard InChI is InChI=1S/C21H23N3O3S/c1-26-16-7-8-18(19-15-24-10-9-22-14-21(24)23-19)20(13-16)27-11-12-28(25)17-5-3-2-4-6-17/h2-8,13,15,22H,9-12,14H2,1H3. The molecule has 1 aliphatic heterocycles. The first-order valence-corrected chi connectivity index (χ1v) is 10.6. The first-order valence-electron chi connectivity index (χ1n) is 9.26. The van der Waals surface area contributed by atoms with Gasteiger partial charge in [0.1, 0.15) is 29.7 Å². The highest BCUT2D eigenvalue weighted by Crippen LogP contribution is 2.33. The molecule has 0 spiro atoms. The van der Waals surface area contributed by atoms with Gasteiger partial charge in [0.15, 0.2) is 4.90 Å². The molecule has 1 aromatic heterocycles. The number of benzene rings is 2. The Balaban J connectivity index is 1.51. The number of hydrogen-bond donors (Lipinski definition) is 1. The number of nitrogens with zero attached hydrogens (tertiary/aromatic N) is 2. The number of ether oxygens (including phenoxy) is 2. The van der Waals surface area contributed by atoms with Gasteiger partial charge in [0.25, 0.3) is 0 Å². The van der Waals surface area contributed by atoms with E-state index in [2.05, 4.69) is 16.1 Å². The largest absolute Gasteiger partial charge is 0.611 e. The second kappa shape index (κ2) is 8.68. The summed E-state index contributed by atoms with van der Waals surface area (Å²) in [6.07, 6.45) is 2.06. The lowest BCUT2D eigenvalue weighted by molar-refractivity contribution is 0.338. The second-order valence-electron chi connectivity index (χ2n) is 6.49. The Labute approximate surface area is 167 Å². The molecule has 28 heavy (non-hydrogen) atoms. The average Bonchev–Trinajstić information content (AvgIpc) is 3.18. The van der Waals surface area contributed by atoms with E-state index in [9.17, 15) is 4.55 Å². The highest BCUT2D eigenvalue weighted by atomic mass is 32.2. The van der Waals surface area contributed by atoms with Gasteiger partial charge in [-0.3, -0.25) is 0 Å². The van der Waals surface area contributed by atoms with Gasteiger partial charge in [-0.25, -0.2) is 4.98 Å². The predicted molar refractivity (Wildman–Crippen MR) is 109 cm³/mol. The van der Waals surface area contributed by atoms with Gasteiger partial charge in [-0.05, 0) is 35.4 Å². The van der Waals surface area contributed by atoms with Gasteiger partial charge >= 0.3 is 0 Å². The first-order chi connectivity index (χ1) is 13.7. The summed E-state index contributed by atoms with van der Waals surface area (Å²) in [5.41, 5.74) is 1.79. The third kappa shape index (κ3) is 4.16. The topological polar surface area (TPSA) is 71.4 Å². The monoisotopic (exact) mass is 397 g/mol. The van der Waals surface area contributed by atoms with Gasteiger partial charge in [-0.1, -0.05) is 18.2 Å². The van der Waals surface area contributed by atoms with E-state index in [1.165, 1.54) is 0 Å². The van der Waals surface area contributed by atoms with Crippen molar-refractivity contribution < 1.29 is 14.0 Å². The van der Waals surface area contributed by atoms with Crippen LogP contribution in [0.15, 0.2) is 59.6 Å². The zero-order valence-corrected chi connectivity index (χ0v) is 16.6. The molecule has 6 nitrogen and oxygen atoms in total. The summed E-state index contributed by atoms with van der Waals surface area (Å²) in [5.74, 6) is 2.85. The van der Waals surface area contributed by atoms with E-state index in [1.54, 1.807) is 7.11 Å². The number of fused-ring (bicyclic) bond motifs is 1. The van der Waals surface area contributed by atoms with Gasteiger partial charge in [0.2, 0.25) is 0 Å². The van der Waals surface area contributed by atoms with Crippen LogP contribution in [0.5, 0.6) is 11.5 Å². The summed E-state index contributed by atoms with van der Waals surface area (Å²) < 4.78 is 26.0. The highest BCUT2D eigenvalue weighted by Gasteiger charge is 2.17. The molecule has 0 amide bonds. The molecule has 1 aliphatic rings. The third-order valence-corrected chi connectivity index (χ3v) is 6.00. The quantitative estimate of drug-likeness (QED) is 0.621. The maximum atomic E-state index is 12.4. The molecule has 1 atom stereocenters. The van der Waals surface area contributed by atoms with Crippen LogP contribution in [0.1, 0.15) is 5.82 Å². The molecule has 0 saturated carbocycles. The van der Waals surface area contributed by atoms with Crippen LogP contribution in [-0.2, 0) is 24.3 Å². The Morgan fingerprint density at radius 3 is 2.86 bits per heavy atom. The van der Waals surface area contributed by atoms with Crippen molar-refractivity contribution >= 4 is 11.2 Å². The summed E-state index contributed by atoms with van der Waals surface area (Å²) >= 11 is -1.09.